The van der Waals surface area contributed by atoms with Gasteiger partial charge in [-0.15, -0.1) is 0 Å². The second kappa shape index (κ2) is 8.98. The molecular formula is C26H34P2+2. The SMILES string of the molecule is [CH][P+]1(CC[P+]2([CH])CCC[C@@H]2Cc2ccccc2)CCC[C@@H]1Cc1ccccc1. The topological polar surface area (TPSA) is 0 Å². The summed E-state index contributed by atoms with van der Waals surface area (Å²) in [6, 6.07) is 21.9. The van der Waals surface area contributed by atoms with Gasteiger partial charge in [0.15, 0.2) is 13.3 Å². The van der Waals surface area contributed by atoms with E-state index >= 15 is 0 Å². The van der Waals surface area contributed by atoms with Crippen molar-refractivity contribution in [1.29, 1.82) is 0 Å². The lowest BCUT2D eigenvalue weighted by atomic mass is 10.1. The molecule has 2 aliphatic heterocycles. The molecule has 4 rings (SSSR count). The molecule has 0 amide bonds. The van der Waals surface area contributed by atoms with Gasteiger partial charge in [0.1, 0.15) is 0 Å². The second-order valence-electron chi connectivity index (χ2n) is 9.07. The fourth-order valence-electron chi connectivity index (χ4n) is 5.42. The Morgan fingerprint density at radius 1 is 0.643 bits per heavy atom. The van der Waals surface area contributed by atoms with Gasteiger partial charge in [-0.05, 0) is 36.8 Å². The molecule has 2 heteroatoms. The van der Waals surface area contributed by atoms with Gasteiger partial charge in [-0.25, -0.2) is 0 Å². The third kappa shape index (κ3) is 4.71. The van der Waals surface area contributed by atoms with E-state index in [0.29, 0.717) is 0 Å². The largest absolute Gasteiger partial charge is 0.150 e. The molecule has 2 aromatic rings. The Kier molecular flexibility index (Phi) is 6.60. The highest BCUT2D eigenvalue weighted by molar-refractivity contribution is 7.81. The molecule has 2 fully saturated rings. The Morgan fingerprint density at radius 2 is 1.04 bits per heavy atom. The minimum atomic E-state index is -1.35. The van der Waals surface area contributed by atoms with E-state index in [-0.39, 0.29) is 0 Å². The van der Waals surface area contributed by atoms with Crippen molar-refractivity contribution in [2.24, 2.45) is 0 Å². The molecule has 146 valence electrons. The van der Waals surface area contributed by atoms with E-state index in [1.54, 1.807) is 0 Å². The smallest absolute Gasteiger partial charge is 0.0622 e. The van der Waals surface area contributed by atoms with Crippen molar-refractivity contribution < 1.29 is 0 Å². The van der Waals surface area contributed by atoms with Crippen LogP contribution in [0.25, 0.3) is 0 Å². The van der Waals surface area contributed by atoms with Crippen molar-refractivity contribution in [3.63, 3.8) is 0 Å². The van der Waals surface area contributed by atoms with E-state index in [0.717, 1.165) is 11.3 Å². The van der Waals surface area contributed by atoms with E-state index in [4.69, 9.17) is 13.3 Å². The van der Waals surface area contributed by atoms with Crippen molar-refractivity contribution in [3.05, 3.63) is 85.1 Å². The Bertz CT molecular complexity index is 678. The molecule has 0 spiro atoms. The van der Waals surface area contributed by atoms with Crippen LogP contribution in [0.2, 0.25) is 0 Å². The summed E-state index contributed by atoms with van der Waals surface area (Å²) in [7, 11) is -2.70. The Morgan fingerprint density at radius 3 is 1.43 bits per heavy atom. The zero-order chi connectivity index (χ0) is 19.5. The number of rotatable bonds is 7. The van der Waals surface area contributed by atoms with Crippen LogP contribution in [0.1, 0.15) is 36.8 Å². The van der Waals surface area contributed by atoms with Gasteiger partial charge >= 0.3 is 0 Å². The summed E-state index contributed by atoms with van der Waals surface area (Å²) >= 11 is 0. The van der Waals surface area contributed by atoms with Gasteiger partial charge in [-0.2, -0.15) is 0 Å². The van der Waals surface area contributed by atoms with Crippen LogP contribution in [-0.4, -0.2) is 36.0 Å². The first-order chi connectivity index (χ1) is 13.6. The van der Waals surface area contributed by atoms with Gasteiger partial charge in [0.05, 0.1) is 36.0 Å². The Labute approximate surface area is 174 Å². The molecule has 2 aliphatic rings. The van der Waals surface area contributed by atoms with Crippen molar-refractivity contribution in [1.82, 2.24) is 0 Å². The molecule has 28 heavy (non-hydrogen) atoms. The van der Waals surface area contributed by atoms with Crippen molar-refractivity contribution in [3.8, 4) is 0 Å². The van der Waals surface area contributed by atoms with Gasteiger partial charge in [0.25, 0.3) is 0 Å². The number of hydrogen-bond donors (Lipinski definition) is 0. The highest BCUT2D eigenvalue weighted by Crippen LogP contribution is 2.74. The normalized spacial score (nSPS) is 32.6. The maximum Gasteiger partial charge on any atom is 0.150 e. The van der Waals surface area contributed by atoms with Crippen LogP contribution in [-0.2, 0) is 12.8 Å². The molecule has 0 nitrogen and oxygen atoms in total. The summed E-state index contributed by atoms with van der Waals surface area (Å²) in [5.41, 5.74) is 4.36. The predicted molar refractivity (Wildman–Crippen MR) is 128 cm³/mol. The molecule has 2 saturated heterocycles. The summed E-state index contributed by atoms with van der Waals surface area (Å²) in [5, 5.41) is 0. The van der Waals surface area contributed by atoms with Gasteiger partial charge in [0.2, 0.25) is 0 Å². The van der Waals surface area contributed by atoms with E-state index in [9.17, 15) is 0 Å². The fourth-order valence-corrected chi connectivity index (χ4v) is 14.4. The quantitative estimate of drug-likeness (QED) is 0.426. The van der Waals surface area contributed by atoms with E-state index in [2.05, 4.69) is 60.7 Å². The summed E-state index contributed by atoms with van der Waals surface area (Å²) in [6.07, 6.45) is 12.7. The molecule has 0 aromatic heterocycles. The lowest BCUT2D eigenvalue weighted by Gasteiger charge is -2.29. The number of hydrogen-bond acceptors (Lipinski definition) is 0. The van der Waals surface area contributed by atoms with Gasteiger partial charge in [0, 0.05) is 27.4 Å². The second-order valence-corrected chi connectivity index (χ2v) is 16.7. The molecule has 4 atom stereocenters. The fraction of sp³-hybridized carbons (Fsp3) is 0.462. The molecule has 0 saturated carbocycles. The first kappa shape index (κ1) is 20.6. The van der Waals surface area contributed by atoms with Crippen LogP contribution < -0.4 is 0 Å². The molecule has 0 N–H and O–H groups in total. The third-order valence-electron chi connectivity index (χ3n) is 7.24. The first-order valence-corrected chi connectivity index (χ1v) is 15.6. The van der Waals surface area contributed by atoms with Crippen molar-refractivity contribution in [2.45, 2.75) is 49.8 Å². The molecule has 2 heterocycles. The molecular weight excluding hydrogens is 374 g/mol. The van der Waals surface area contributed by atoms with Gasteiger partial charge in [-0.1, -0.05) is 60.7 Å². The molecule has 2 aromatic carbocycles. The minimum absolute atomic E-state index is 0.719. The van der Waals surface area contributed by atoms with Crippen LogP contribution in [0, 0.1) is 13.3 Å². The van der Waals surface area contributed by atoms with Crippen LogP contribution in [0.3, 0.4) is 0 Å². The average Bonchev–Trinajstić information content (AvgIpc) is 3.26. The molecule has 4 radical (unpaired) electrons. The summed E-state index contributed by atoms with van der Waals surface area (Å²) in [5.74, 6) is 0. The first-order valence-electron chi connectivity index (χ1n) is 11.0. The van der Waals surface area contributed by atoms with Crippen LogP contribution in [0.15, 0.2) is 60.7 Å². The zero-order valence-corrected chi connectivity index (χ0v) is 18.8. The van der Waals surface area contributed by atoms with Gasteiger partial charge in [-0.3, -0.25) is 0 Å². The maximum absolute atomic E-state index is 7.16. The number of benzene rings is 2. The van der Waals surface area contributed by atoms with E-state index in [1.165, 1.54) is 74.3 Å². The van der Waals surface area contributed by atoms with E-state index in [1.807, 2.05) is 0 Å². The standard InChI is InChI=1S/C26H34P2/c1-27(17-9-15-25(27)21-23-11-5-3-6-12-23)19-20-28(2)18-10-16-26(28)22-24-13-7-4-8-14-24/h1-8,11-14,25-26H,9-10,15-22H2/q+2/t25-,26-,27?,28?/m1/s1. The van der Waals surface area contributed by atoms with Crippen LogP contribution >= 0.6 is 14.5 Å². The van der Waals surface area contributed by atoms with E-state index < -0.39 is 14.5 Å². The average molecular weight is 409 g/mol. The monoisotopic (exact) mass is 408 g/mol. The molecule has 0 bridgehead atoms. The van der Waals surface area contributed by atoms with Gasteiger partial charge < -0.3 is 0 Å². The van der Waals surface area contributed by atoms with Crippen LogP contribution in [0.4, 0.5) is 0 Å². The summed E-state index contributed by atoms with van der Waals surface area (Å²) < 4.78 is 0. The summed E-state index contributed by atoms with van der Waals surface area (Å²) in [4.78, 5) is 0. The van der Waals surface area contributed by atoms with Crippen molar-refractivity contribution >= 4 is 14.5 Å². The Hall–Kier alpha value is -0.700. The predicted octanol–water partition coefficient (Wildman–Crippen LogP) is 7.17. The highest BCUT2D eigenvalue weighted by Gasteiger charge is 2.52. The Balaban J connectivity index is 1.40. The minimum Gasteiger partial charge on any atom is -0.0622 e. The maximum atomic E-state index is 7.16. The highest BCUT2D eigenvalue weighted by atomic mass is 31.2. The molecule has 0 aliphatic carbocycles. The zero-order valence-electron chi connectivity index (χ0n) is 17.0. The molecule has 2 unspecified atom stereocenters. The lowest BCUT2D eigenvalue weighted by Crippen LogP contribution is -2.19. The van der Waals surface area contributed by atoms with Crippen LogP contribution in [0.5, 0.6) is 0 Å². The lowest BCUT2D eigenvalue weighted by molar-refractivity contribution is 0.769. The van der Waals surface area contributed by atoms with Crippen molar-refractivity contribution in [2.75, 3.05) is 24.6 Å². The summed E-state index contributed by atoms with van der Waals surface area (Å²) in [6.45, 7) is 14.3. The third-order valence-corrected chi connectivity index (χ3v) is 15.8.